The van der Waals surface area contributed by atoms with Gasteiger partial charge in [-0.15, -0.1) is 10.2 Å². The molecule has 0 aliphatic heterocycles. The van der Waals surface area contributed by atoms with Gasteiger partial charge in [-0.3, -0.25) is 9.36 Å². The molecule has 0 spiro atoms. The van der Waals surface area contributed by atoms with Crippen LogP contribution >= 0.6 is 11.8 Å². The molecular formula is C21H20FN3O3S. The number of methoxy groups -OCH3 is 1. The Kier molecular flexibility index (Phi) is 5.80. The molecule has 0 bridgehead atoms. The minimum Gasteiger partial charge on any atom is -0.497 e. The summed E-state index contributed by atoms with van der Waals surface area (Å²) in [6, 6.07) is 13.6. The van der Waals surface area contributed by atoms with Crippen LogP contribution in [0.25, 0.3) is 5.69 Å². The van der Waals surface area contributed by atoms with Crippen molar-refractivity contribution in [3.8, 4) is 17.2 Å². The Balaban J connectivity index is 1.62. The number of hydrogen-bond acceptors (Lipinski definition) is 6. The number of aromatic nitrogens is 3. The van der Waals surface area contributed by atoms with Crippen molar-refractivity contribution in [2.24, 2.45) is 0 Å². The lowest BCUT2D eigenvalue weighted by molar-refractivity contribution is -0.116. The van der Waals surface area contributed by atoms with Crippen LogP contribution in [0.1, 0.15) is 25.1 Å². The van der Waals surface area contributed by atoms with E-state index in [2.05, 4.69) is 10.2 Å². The van der Waals surface area contributed by atoms with Gasteiger partial charge in [0.15, 0.2) is 11.0 Å². The van der Waals surface area contributed by atoms with Crippen LogP contribution in [0.4, 0.5) is 4.39 Å². The molecule has 1 fully saturated rings. The minimum absolute atomic E-state index is 0.104. The number of benzene rings is 2. The zero-order chi connectivity index (χ0) is 20.2. The molecule has 8 heteroatoms. The molecule has 1 aliphatic rings. The molecule has 0 radical (unpaired) electrons. The van der Waals surface area contributed by atoms with Gasteiger partial charge in [0.25, 0.3) is 0 Å². The molecule has 1 heterocycles. The molecule has 2 aromatic carbocycles. The number of Topliss-reactive ketones (excluding diaryl/α,β-unsaturated/α-hetero) is 1. The molecule has 3 aromatic rings. The van der Waals surface area contributed by atoms with E-state index < -0.39 is 5.82 Å². The average Bonchev–Trinajstić information content (AvgIpc) is 3.33. The molecule has 0 saturated heterocycles. The molecule has 0 N–H and O–H groups in total. The standard InChI is InChI=1S/C21H20FN3O3S/c1-27-14-9-11-15(12-10-14)28-13-20-23-24-21(29-19-8-4-7-18(19)26)25(20)17-6-3-2-5-16(17)22/h2-3,5-6,9-12,19H,4,7-8,13H2,1H3/t19-/m1/s1. The SMILES string of the molecule is COc1ccc(OCc2nnc(S[C@@H]3CCCC3=O)n2-c2ccccc2F)cc1. The van der Waals surface area contributed by atoms with Gasteiger partial charge < -0.3 is 9.47 Å². The van der Waals surface area contributed by atoms with Crippen LogP contribution in [0.2, 0.25) is 0 Å². The van der Waals surface area contributed by atoms with Crippen LogP contribution in [0.5, 0.6) is 11.5 Å². The number of halogens is 1. The summed E-state index contributed by atoms with van der Waals surface area (Å²) >= 11 is 1.34. The van der Waals surface area contributed by atoms with Crippen molar-refractivity contribution < 1.29 is 18.7 Å². The second-order valence-electron chi connectivity index (χ2n) is 6.61. The van der Waals surface area contributed by atoms with Gasteiger partial charge in [-0.05, 0) is 49.2 Å². The molecule has 4 rings (SSSR count). The topological polar surface area (TPSA) is 66.2 Å². The fraction of sp³-hybridized carbons (Fsp3) is 0.286. The highest BCUT2D eigenvalue weighted by Gasteiger charge is 2.28. The predicted molar refractivity (Wildman–Crippen MR) is 107 cm³/mol. The molecule has 1 atom stereocenters. The third kappa shape index (κ3) is 4.27. The summed E-state index contributed by atoms with van der Waals surface area (Å²) in [7, 11) is 1.60. The van der Waals surface area contributed by atoms with Gasteiger partial charge in [0.2, 0.25) is 0 Å². The van der Waals surface area contributed by atoms with Crippen LogP contribution in [-0.2, 0) is 11.4 Å². The Morgan fingerprint density at radius 1 is 1.14 bits per heavy atom. The maximum atomic E-state index is 14.5. The van der Waals surface area contributed by atoms with E-state index in [1.165, 1.54) is 17.8 Å². The highest BCUT2D eigenvalue weighted by molar-refractivity contribution is 8.00. The first-order valence-electron chi connectivity index (χ1n) is 9.31. The van der Waals surface area contributed by atoms with Crippen molar-refractivity contribution in [3.63, 3.8) is 0 Å². The zero-order valence-electron chi connectivity index (χ0n) is 15.9. The van der Waals surface area contributed by atoms with E-state index >= 15 is 0 Å². The van der Waals surface area contributed by atoms with E-state index in [0.717, 1.165) is 18.6 Å². The fourth-order valence-corrected chi connectivity index (χ4v) is 4.39. The number of ether oxygens (including phenoxy) is 2. The molecule has 0 unspecified atom stereocenters. The first kappa shape index (κ1) is 19.4. The number of carbonyl (C=O) groups is 1. The third-order valence-corrected chi connectivity index (χ3v) is 5.98. The van der Waals surface area contributed by atoms with E-state index in [4.69, 9.17) is 9.47 Å². The molecule has 29 heavy (non-hydrogen) atoms. The van der Waals surface area contributed by atoms with E-state index in [1.54, 1.807) is 54.1 Å². The smallest absolute Gasteiger partial charge is 0.196 e. The summed E-state index contributed by atoms with van der Waals surface area (Å²) in [4.78, 5) is 12.1. The Morgan fingerprint density at radius 2 is 1.90 bits per heavy atom. The van der Waals surface area contributed by atoms with Crippen molar-refractivity contribution in [1.29, 1.82) is 0 Å². The molecule has 0 amide bonds. The van der Waals surface area contributed by atoms with Gasteiger partial charge in [0, 0.05) is 6.42 Å². The summed E-state index contributed by atoms with van der Waals surface area (Å²) in [6.45, 7) is 0.104. The van der Waals surface area contributed by atoms with Gasteiger partial charge in [-0.2, -0.15) is 0 Å². The molecule has 1 aromatic heterocycles. The number of rotatable bonds is 7. The van der Waals surface area contributed by atoms with E-state index in [9.17, 15) is 9.18 Å². The predicted octanol–water partition coefficient (Wildman–Crippen LogP) is 4.21. The Bertz CT molecular complexity index is 1010. The van der Waals surface area contributed by atoms with Crippen LogP contribution in [0.3, 0.4) is 0 Å². The fourth-order valence-electron chi connectivity index (χ4n) is 3.20. The minimum atomic E-state index is -0.391. The first-order valence-corrected chi connectivity index (χ1v) is 10.2. The Morgan fingerprint density at radius 3 is 2.59 bits per heavy atom. The number of para-hydroxylation sites is 1. The maximum absolute atomic E-state index is 14.5. The summed E-state index contributed by atoms with van der Waals surface area (Å²) < 4.78 is 27.1. The Hall–Kier alpha value is -2.87. The average molecular weight is 413 g/mol. The van der Waals surface area contributed by atoms with Crippen LogP contribution in [-0.4, -0.2) is 32.9 Å². The van der Waals surface area contributed by atoms with Crippen molar-refractivity contribution >= 4 is 17.5 Å². The lowest BCUT2D eigenvalue weighted by Crippen LogP contribution is -2.12. The molecule has 150 valence electrons. The molecular weight excluding hydrogens is 393 g/mol. The lowest BCUT2D eigenvalue weighted by atomic mass is 10.3. The normalized spacial score (nSPS) is 16.2. The van der Waals surface area contributed by atoms with Gasteiger partial charge in [-0.1, -0.05) is 23.9 Å². The lowest BCUT2D eigenvalue weighted by Gasteiger charge is -2.13. The number of carbonyl (C=O) groups excluding carboxylic acids is 1. The third-order valence-electron chi connectivity index (χ3n) is 4.72. The van der Waals surface area contributed by atoms with Gasteiger partial charge in [-0.25, -0.2) is 4.39 Å². The first-order chi connectivity index (χ1) is 14.2. The Labute approximate surface area is 172 Å². The second kappa shape index (κ2) is 8.65. The zero-order valence-corrected chi connectivity index (χ0v) is 16.7. The largest absolute Gasteiger partial charge is 0.497 e. The second-order valence-corrected chi connectivity index (χ2v) is 7.78. The monoisotopic (exact) mass is 413 g/mol. The van der Waals surface area contributed by atoms with Crippen LogP contribution in [0.15, 0.2) is 53.7 Å². The van der Waals surface area contributed by atoms with Crippen molar-refractivity contribution in [2.75, 3.05) is 7.11 Å². The highest BCUT2D eigenvalue weighted by atomic mass is 32.2. The summed E-state index contributed by atoms with van der Waals surface area (Å²) in [5.74, 6) is 1.63. The number of hydrogen-bond donors (Lipinski definition) is 0. The van der Waals surface area contributed by atoms with Gasteiger partial charge in [0.05, 0.1) is 18.0 Å². The van der Waals surface area contributed by atoms with Crippen molar-refractivity contribution in [1.82, 2.24) is 14.8 Å². The van der Waals surface area contributed by atoms with Crippen molar-refractivity contribution in [2.45, 2.75) is 36.3 Å². The van der Waals surface area contributed by atoms with E-state index in [-0.39, 0.29) is 17.6 Å². The van der Waals surface area contributed by atoms with Gasteiger partial charge >= 0.3 is 0 Å². The summed E-state index contributed by atoms with van der Waals surface area (Å²) in [6.07, 6.45) is 2.25. The molecule has 6 nitrogen and oxygen atoms in total. The molecule has 1 saturated carbocycles. The number of nitrogens with zero attached hydrogens (tertiary/aromatic N) is 3. The van der Waals surface area contributed by atoms with E-state index in [1.807, 2.05) is 0 Å². The quantitative estimate of drug-likeness (QED) is 0.578. The van der Waals surface area contributed by atoms with Crippen LogP contribution in [0, 0.1) is 5.82 Å². The summed E-state index contributed by atoms with van der Waals surface area (Å²) in [5, 5.41) is 8.77. The summed E-state index contributed by atoms with van der Waals surface area (Å²) in [5.41, 5.74) is 0.332. The number of thioether (sulfide) groups is 1. The maximum Gasteiger partial charge on any atom is 0.196 e. The number of ketones is 1. The van der Waals surface area contributed by atoms with Crippen LogP contribution < -0.4 is 9.47 Å². The highest BCUT2D eigenvalue weighted by Crippen LogP contribution is 2.34. The van der Waals surface area contributed by atoms with Crippen molar-refractivity contribution in [3.05, 3.63) is 60.2 Å². The van der Waals surface area contributed by atoms with E-state index in [0.29, 0.717) is 28.8 Å². The van der Waals surface area contributed by atoms with Gasteiger partial charge in [0.1, 0.15) is 29.7 Å². The molecule has 1 aliphatic carbocycles.